The summed E-state index contributed by atoms with van der Waals surface area (Å²) in [6.07, 6.45) is 4.98. The fourth-order valence-electron chi connectivity index (χ4n) is 3.43. The van der Waals surface area contributed by atoms with Gasteiger partial charge in [-0.05, 0) is 78.9 Å². The van der Waals surface area contributed by atoms with Crippen molar-refractivity contribution in [2.75, 3.05) is 18.1 Å². The summed E-state index contributed by atoms with van der Waals surface area (Å²) in [5, 5.41) is 0.758. The number of carbonyl (C=O) groups excluding carboxylic acids is 1. The fraction of sp³-hybridized carbons (Fsp3) is 0.304. The number of carbonyl (C=O) groups is 1. The van der Waals surface area contributed by atoms with Crippen LogP contribution in [0.25, 0.3) is 6.08 Å². The Hall–Kier alpha value is -2.53. The topological polar surface area (TPSA) is 41.9 Å². The van der Waals surface area contributed by atoms with Gasteiger partial charge in [-0.25, -0.2) is 0 Å². The van der Waals surface area contributed by atoms with Gasteiger partial charge in [0.05, 0.1) is 17.2 Å². The van der Waals surface area contributed by atoms with Gasteiger partial charge in [-0.15, -0.1) is 0 Å². The Labute approximate surface area is 170 Å². The van der Waals surface area contributed by atoms with E-state index in [-0.39, 0.29) is 5.91 Å². The number of amides is 1. The lowest BCUT2D eigenvalue weighted by molar-refractivity contribution is -0.113. The number of aliphatic imine (C=N–C) groups is 1. The van der Waals surface area contributed by atoms with Crippen molar-refractivity contribution in [1.82, 2.24) is 0 Å². The van der Waals surface area contributed by atoms with Gasteiger partial charge in [0.15, 0.2) is 5.17 Å². The molecule has 0 bridgehead atoms. The number of fused-ring (bicyclic) bond motifs is 1. The van der Waals surface area contributed by atoms with Crippen LogP contribution in [0.2, 0.25) is 0 Å². The first-order chi connectivity index (χ1) is 13.7. The second-order valence-electron chi connectivity index (χ2n) is 7.02. The van der Waals surface area contributed by atoms with Crippen molar-refractivity contribution >= 4 is 34.6 Å². The van der Waals surface area contributed by atoms with Crippen LogP contribution in [-0.2, 0) is 11.2 Å². The summed E-state index contributed by atoms with van der Waals surface area (Å²) in [5.41, 5.74) is 4.21. The number of ether oxygens (including phenoxy) is 1. The standard InChI is InChI=1S/C23H24N2O2S/c1-3-12-24-23-25(19-9-5-4-7-16(19)2)22(26)21(28-23)15-17-10-11-20-18(14-17)8-6-13-27-20/h4-5,7,9-11,14-15H,3,6,8,12-13H2,1-2H3/b21-15-,24-23-. The predicted molar refractivity (Wildman–Crippen MR) is 117 cm³/mol. The van der Waals surface area contributed by atoms with Gasteiger partial charge >= 0.3 is 0 Å². The van der Waals surface area contributed by atoms with E-state index in [9.17, 15) is 4.79 Å². The lowest BCUT2D eigenvalue weighted by atomic mass is 10.0. The van der Waals surface area contributed by atoms with E-state index in [0.717, 1.165) is 53.6 Å². The summed E-state index contributed by atoms with van der Waals surface area (Å²) in [6.45, 7) is 5.61. The molecular weight excluding hydrogens is 368 g/mol. The van der Waals surface area contributed by atoms with E-state index in [1.165, 1.54) is 17.3 Å². The molecule has 2 aliphatic heterocycles. The molecule has 0 aliphatic carbocycles. The maximum Gasteiger partial charge on any atom is 0.271 e. The Morgan fingerprint density at radius 2 is 2.11 bits per heavy atom. The number of nitrogens with zero attached hydrogens (tertiary/aromatic N) is 2. The largest absolute Gasteiger partial charge is 0.493 e. The Morgan fingerprint density at radius 1 is 1.25 bits per heavy atom. The number of hydrogen-bond donors (Lipinski definition) is 0. The van der Waals surface area contributed by atoms with Gasteiger partial charge in [0, 0.05) is 6.54 Å². The van der Waals surface area contributed by atoms with Gasteiger partial charge in [-0.3, -0.25) is 14.7 Å². The summed E-state index contributed by atoms with van der Waals surface area (Å²) in [4.78, 5) is 20.4. The molecule has 2 aromatic carbocycles. The molecule has 2 heterocycles. The molecule has 0 N–H and O–H groups in total. The van der Waals surface area contributed by atoms with Crippen molar-refractivity contribution in [3.63, 3.8) is 0 Å². The van der Waals surface area contributed by atoms with Crippen molar-refractivity contribution < 1.29 is 9.53 Å². The summed E-state index contributed by atoms with van der Waals surface area (Å²) < 4.78 is 5.70. The quantitative estimate of drug-likeness (QED) is 0.671. The van der Waals surface area contributed by atoms with Crippen LogP contribution in [0.3, 0.4) is 0 Å². The van der Waals surface area contributed by atoms with E-state index >= 15 is 0 Å². The first kappa shape index (κ1) is 18.8. The molecule has 2 aliphatic rings. The van der Waals surface area contributed by atoms with Gasteiger partial charge < -0.3 is 4.74 Å². The third kappa shape index (κ3) is 3.72. The maximum atomic E-state index is 13.3. The van der Waals surface area contributed by atoms with E-state index < -0.39 is 0 Å². The van der Waals surface area contributed by atoms with Crippen molar-refractivity contribution in [3.8, 4) is 5.75 Å². The number of aryl methyl sites for hydroxylation is 2. The maximum absolute atomic E-state index is 13.3. The van der Waals surface area contributed by atoms with Gasteiger partial charge in [-0.1, -0.05) is 31.2 Å². The van der Waals surface area contributed by atoms with E-state index in [4.69, 9.17) is 4.74 Å². The van der Waals surface area contributed by atoms with Crippen molar-refractivity contribution in [3.05, 3.63) is 64.1 Å². The average molecular weight is 393 g/mol. The van der Waals surface area contributed by atoms with Crippen LogP contribution in [0.5, 0.6) is 5.75 Å². The number of amidine groups is 1. The van der Waals surface area contributed by atoms with E-state index in [1.54, 1.807) is 4.90 Å². The third-order valence-corrected chi connectivity index (χ3v) is 5.87. The zero-order valence-corrected chi connectivity index (χ0v) is 17.1. The molecule has 0 unspecified atom stereocenters. The first-order valence-corrected chi connectivity index (χ1v) is 10.6. The molecule has 28 heavy (non-hydrogen) atoms. The normalized spacial score (nSPS) is 19.2. The zero-order valence-electron chi connectivity index (χ0n) is 16.3. The molecule has 0 spiro atoms. The van der Waals surface area contributed by atoms with Crippen molar-refractivity contribution in [2.45, 2.75) is 33.1 Å². The van der Waals surface area contributed by atoms with E-state index in [1.807, 2.05) is 49.4 Å². The molecule has 1 saturated heterocycles. The predicted octanol–water partition coefficient (Wildman–Crippen LogP) is 5.21. The number of benzene rings is 2. The van der Waals surface area contributed by atoms with Crippen LogP contribution >= 0.6 is 11.8 Å². The SMILES string of the molecule is CCC/N=C1\S/C(=C\c2ccc3c(c2)CCCO3)C(=O)N1c1ccccc1C. The minimum atomic E-state index is -0.0110. The Kier molecular flexibility index (Phi) is 5.53. The van der Waals surface area contributed by atoms with Crippen molar-refractivity contribution in [1.29, 1.82) is 0 Å². The highest BCUT2D eigenvalue weighted by molar-refractivity contribution is 8.19. The van der Waals surface area contributed by atoms with Crippen LogP contribution in [0.4, 0.5) is 5.69 Å². The molecule has 4 rings (SSSR count). The summed E-state index contributed by atoms with van der Waals surface area (Å²) in [6, 6.07) is 14.1. The van der Waals surface area contributed by atoms with Crippen LogP contribution in [0.15, 0.2) is 52.4 Å². The smallest absolute Gasteiger partial charge is 0.271 e. The number of hydrogen-bond acceptors (Lipinski definition) is 4. The highest BCUT2D eigenvalue weighted by Gasteiger charge is 2.35. The molecule has 1 fully saturated rings. The highest BCUT2D eigenvalue weighted by Crippen LogP contribution is 2.37. The summed E-state index contributed by atoms with van der Waals surface area (Å²) >= 11 is 1.46. The first-order valence-electron chi connectivity index (χ1n) is 9.77. The second kappa shape index (κ2) is 8.23. The van der Waals surface area contributed by atoms with Gasteiger partial charge in [0.25, 0.3) is 5.91 Å². The number of anilines is 1. The molecule has 0 saturated carbocycles. The zero-order chi connectivity index (χ0) is 19.5. The molecule has 144 valence electrons. The number of thioether (sulfide) groups is 1. The van der Waals surface area contributed by atoms with Crippen LogP contribution in [0, 0.1) is 6.92 Å². The van der Waals surface area contributed by atoms with E-state index in [0.29, 0.717) is 11.4 Å². The minimum Gasteiger partial charge on any atom is -0.493 e. The van der Waals surface area contributed by atoms with Gasteiger partial charge in [-0.2, -0.15) is 0 Å². The number of rotatable bonds is 4. The Morgan fingerprint density at radius 3 is 2.93 bits per heavy atom. The second-order valence-corrected chi connectivity index (χ2v) is 8.03. The van der Waals surface area contributed by atoms with Crippen LogP contribution in [0.1, 0.15) is 36.5 Å². The average Bonchev–Trinajstić information content (AvgIpc) is 3.02. The van der Waals surface area contributed by atoms with Crippen LogP contribution in [-0.4, -0.2) is 24.2 Å². The fourth-order valence-corrected chi connectivity index (χ4v) is 4.43. The number of para-hydroxylation sites is 1. The summed E-state index contributed by atoms with van der Waals surface area (Å²) in [5.74, 6) is 0.952. The molecule has 0 atom stereocenters. The minimum absolute atomic E-state index is 0.0110. The van der Waals surface area contributed by atoms with E-state index in [2.05, 4.69) is 18.0 Å². The van der Waals surface area contributed by atoms with Crippen LogP contribution < -0.4 is 9.64 Å². The monoisotopic (exact) mass is 392 g/mol. The Bertz CT molecular complexity index is 965. The summed E-state index contributed by atoms with van der Waals surface area (Å²) in [7, 11) is 0. The van der Waals surface area contributed by atoms with Gasteiger partial charge in [0.2, 0.25) is 0 Å². The lowest BCUT2D eigenvalue weighted by Gasteiger charge is -2.18. The van der Waals surface area contributed by atoms with Gasteiger partial charge in [0.1, 0.15) is 5.75 Å². The highest BCUT2D eigenvalue weighted by atomic mass is 32.2. The molecular formula is C23H24N2O2S. The molecule has 2 aromatic rings. The molecule has 5 heteroatoms. The molecule has 1 amide bonds. The molecule has 0 radical (unpaired) electrons. The lowest BCUT2D eigenvalue weighted by Crippen LogP contribution is -2.29. The molecule has 0 aromatic heterocycles. The Balaban J connectivity index is 1.70. The van der Waals surface area contributed by atoms with Crippen molar-refractivity contribution in [2.24, 2.45) is 4.99 Å². The molecule has 4 nitrogen and oxygen atoms in total. The third-order valence-electron chi connectivity index (χ3n) is 4.86.